The lowest BCUT2D eigenvalue weighted by molar-refractivity contribution is -0.192. The molecule has 2 aliphatic heterocycles. The molecule has 0 bridgehead atoms. The fraction of sp³-hybridized carbons (Fsp3) is 0.714. The van der Waals surface area contributed by atoms with Crippen LogP contribution in [-0.2, 0) is 14.3 Å². The van der Waals surface area contributed by atoms with Crippen LogP contribution in [0.25, 0.3) is 0 Å². The number of carboxylic acid groups (broad SMARTS) is 1. The van der Waals surface area contributed by atoms with Crippen molar-refractivity contribution in [2.45, 2.75) is 31.5 Å². The van der Waals surface area contributed by atoms with Crippen molar-refractivity contribution >= 4 is 28.3 Å². The van der Waals surface area contributed by atoms with Crippen molar-refractivity contribution in [1.29, 1.82) is 0 Å². The molecule has 1 aromatic rings. The average molecular weight is 396 g/mol. The summed E-state index contributed by atoms with van der Waals surface area (Å²) in [7, 11) is 0. The van der Waals surface area contributed by atoms with Gasteiger partial charge >= 0.3 is 12.1 Å². The van der Waals surface area contributed by atoms with Crippen LogP contribution >= 0.6 is 11.3 Å². The zero-order valence-electron chi connectivity index (χ0n) is 14.0. The Morgan fingerprint density at radius 3 is 2.58 bits per heavy atom. The van der Waals surface area contributed by atoms with Crippen LogP contribution in [0.2, 0.25) is 0 Å². The van der Waals surface area contributed by atoms with Crippen LogP contribution in [0.4, 0.5) is 18.3 Å². The SMILES string of the molecule is CC(=O)N1CCCC2(C1)CN(c1nncs1)CCO2.O=C(O)C(F)(F)F. The minimum atomic E-state index is -5.08. The number of alkyl halides is 3. The topological polar surface area (TPSA) is 95.9 Å². The number of rotatable bonds is 1. The molecule has 1 amide bonds. The van der Waals surface area contributed by atoms with Gasteiger partial charge in [0, 0.05) is 20.0 Å². The number of piperidine rings is 1. The van der Waals surface area contributed by atoms with Gasteiger partial charge in [0.1, 0.15) is 11.1 Å². The Bertz CT molecular complexity index is 624. The van der Waals surface area contributed by atoms with Crippen molar-refractivity contribution in [3.05, 3.63) is 5.51 Å². The molecule has 0 saturated carbocycles. The van der Waals surface area contributed by atoms with Gasteiger partial charge in [-0.1, -0.05) is 11.3 Å². The smallest absolute Gasteiger partial charge is 0.475 e. The van der Waals surface area contributed by atoms with Gasteiger partial charge in [0.2, 0.25) is 11.0 Å². The van der Waals surface area contributed by atoms with E-state index < -0.39 is 12.1 Å². The summed E-state index contributed by atoms with van der Waals surface area (Å²) >= 11 is 1.55. The third-order valence-electron chi connectivity index (χ3n) is 4.09. The number of anilines is 1. The Morgan fingerprint density at radius 2 is 2.04 bits per heavy atom. The van der Waals surface area contributed by atoms with Gasteiger partial charge in [-0.15, -0.1) is 10.2 Å². The molecule has 2 aliphatic rings. The van der Waals surface area contributed by atoms with Crippen LogP contribution < -0.4 is 4.90 Å². The van der Waals surface area contributed by atoms with Crippen molar-refractivity contribution in [2.75, 3.05) is 37.7 Å². The predicted molar refractivity (Wildman–Crippen MR) is 86.0 cm³/mol. The number of carboxylic acids is 1. The second kappa shape index (κ2) is 8.16. The molecule has 2 fully saturated rings. The molecule has 3 heterocycles. The molecule has 0 aromatic carbocycles. The summed E-state index contributed by atoms with van der Waals surface area (Å²) in [5, 5.41) is 16.1. The first-order valence-corrected chi connectivity index (χ1v) is 8.72. The maximum absolute atomic E-state index is 11.6. The van der Waals surface area contributed by atoms with Gasteiger partial charge in [0.15, 0.2) is 0 Å². The maximum Gasteiger partial charge on any atom is 0.490 e. The molecule has 1 N–H and O–H groups in total. The summed E-state index contributed by atoms with van der Waals surface area (Å²) in [6, 6.07) is 0. The molecule has 8 nitrogen and oxygen atoms in total. The number of amides is 1. The molecule has 0 aliphatic carbocycles. The molecular weight excluding hydrogens is 377 g/mol. The number of carbonyl (C=O) groups is 2. The summed E-state index contributed by atoms with van der Waals surface area (Å²) < 4.78 is 37.8. The van der Waals surface area contributed by atoms with Crippen LogP contribution in [0.5, 0.6) is 0 Å². The molecule has 1 atom stereocenters. The van der Waals surface area contributed by atoms with Gasteiger partial charge in [-0.25, -0.2) is 4.79 Å². The van der Waals surface area contributed by atoms with E-state index in [4.69, 9.17) is 14.6 Å². The van der Waals surface area contributed by atoms with E-state index in [-0.39, 0.29) is 11.5 Å². The van der Waals surface area contributed by atoms with Crippen molar-refractivity contribution in [3.8, 4) is 0 Å². The van der Waals surface area contributed by atoms with Crippen LogP contribution in [0, 0.1) is 0 Å². The highest BCUT2D eigenvalue weighted by molar-refractivity contribution is 7.13. The lowest BCUT2D eigenvalue weighted by atomic mass is 9.91. The second-order valence-electron chi connectivity index (χ2n) is 6.02. The zero-order valence-corrected chi connectivity index (χ0v) is 14.8. The van der Waals surface area contributed by atoms with E-state index in [1.807, 2.05) is 4.90 Å². The first-order valence-electron chi connectivity index (χ1n) is 7.84. The lowest BCUT2D eigenvalue weighted by Gasteiger charge is -2.47. The molecule has 1 aromatic heterocycles. The third kappa shape index (κ3) is 5.27. The van der Waals surface area contributed by atoms with Gasteiger partial charge in [0.05, 0.1) is 19.7 Å². The number of carbonyl (C=O) groups excluding carboxylic acids is 1. The quantitative estimate of drug-likeness (QED) is 0.766. The number of hydrogen-bond acceptors (Lipinski definition) is 7. The molecule has 0 radical (unpaired) electrons. The third-order valence-corrected chi connectivity index (χ3v) is 4.85. The Hall–Kier alpha value is -1.95. The molecule has 12 heteroatoms. The second-order valence-corrected chi connectivity index (χ2v) is 6.83. The molecule has 2 saturated heterocycles. The molecule has 146 valence electrons. The Morgan fingerprint density at radius 1 is 1.35 bits per heavy atom. The first kappa shape index (κ1) is 20.4. The van der Waals surface area contributed by atoms with E-state index >= 15 is 0 Å². The Labute approximate surface area is 151 Å². The lowest BCUT2D eigenvalue weighted by Crippen LogP contribution is -2.60. The van der Waals surface area contributed by atoms with E-state index in [2.05, 4.69) is 15.1 Å². The Balaban J connectivity index is 0.000000298. The van der Waals surface area contributed by atoms with Gasteiger partial charge < -0.3 is 19.6 Å². The minimum absolute atomic E-state index is 0.135. The number of nitrogens with zero attached hydrogens (tertiary/aromatic N) is 4. The summed E-state index contributed by atoms with van der Waals surface area (Å²) in [5.41, 5.74) is 1.52. The average Bonchev–Trinajstić information content (AvgIpc) is 3.09. The van der Waals surface area contributed by atoms with E-state index in [1.54, 1.807) is 23.8 Å². The number of likely N-dealkylation sites (tertiary alicyclic amines) is 1. The zero-order chi connectivity index (χ0) is 19.4. The van der Waals surface area contributed by atoms with Gasteiger partial charge in [0.25, 0.3) is 0 Å². The van der Waals surface area contributed by atoms with Gasteiger partial charge in [-0.2, -0.15) is 13.2 Å². The summed E-state index contributed by atoms with van der Waals surface area (Å²) in [5.74, 6) is -2.62. The van der Waals surface area contributed by atoms with Gasteiger partial charge in [-0.3, -0.25) is 4.79 Å². The van der Waals surface area contributed by atoms with Crippen LogP contribution in [-0.4, -0.2) is 76.6 Å². The predicted octanol–water partition coefficient (Wildman–Crippen LogP) is 1.39. The normalized spacial score (nSPS) is 23.4. The van der Waals surface area contributed by atoms with E-state index in [1.165, 1.54) is 0 Å². The highest BCUT2D eigenvalue weighted by Crippen LogP contribution is 2.31. The number of halogens is 3. The highest BCUT2D eigenvalue weighted by atomic mass is 32.1. The number of morpholine rings is 1. The van der Waals surface area contributed by atoms with Crippen LogP contribution in [0.3, 0.4) is 0 Å². The number of aromatic nitrogens is 2. The van der Waals surface area contributed by atoms with E-state index in [9.17, 15) is 18.0 Å². The van der Waals surface area contributed by atoms with Crippen molar-refractivity contribution in [2.24, 2.45) is 0 Å². The Kier molecular flexibility index (Phi) is 6.39. The molecule has 1 unspecified atom stereocenters. The molecule has 1 spiro atoms. The monoisotopic (exact) mass is 396 g/mol. The summed E-state index contributed by atoms with van der Waals surface area (Å²) in [4.78, 5) is 24.6. The van der Waals surface area contributed by atoms with Crippen molar-refractivity contribution in [1.82, 2.24) is 15.1 Å². The number of hydrogen-bond donors (Lipinski definition) is 1. The molecule has 26 heavy (non-hydrogen) atoms. The fourth-order valence-corrected chi connectivity index (χ4v) is 3.51. The van der Waals surface area contributed by atoms with Crippen LogP contribution in [0.1, 0.15) is 19.8 Å². The summed E-state index contributed by atoms with van der Waals surface area (Å²) in [6.07, 6.45) is -3.07. The van der Waals surface area contributed by atoms with Gasteiger partial charge in [-0.05, 0) is 12.8 Å². The fourth-order valence-electron chi connectivity index (χ4n) is 2.93. The number of ether oxygens (including phenoxy) is 1. The standard InChI is InChI=1S/C12H18N4O2S.C2HF3O2/c1-10(17)15-4-2-3-12(7-15)8-16(5-6-18-12)11-14-13-9-19-11;3-2(4,5)1(6)7/h9H,2-8H2,1H3;(H,6,7). The molecular formula is C14H19F3N4O4S. The van der Waals surface area contributed by atoms with Crippen molar-refractivity contribution < 1.29 is 32.6 Å². The minimum Gasteiger partial charge on any atom is -0.475 e. The summed E-state index contributed by atoms with van der Waals surface area (Å²) in [6.45, 7) is 5.50. The maximum atomic E-state index is 11.6. The van der Waals surface area contributed by atoms with E-state index in [0.29, 0.717) is 13.2 Å². The van der Waals surface area contributed by atoms with Crippen LogP contribution in [0.15, 0.2) is 5.51 Å². The largest absolute Gasteiger partial charge is 0.490 e. The van der Waals surface area contributed by atoms with Crippen molar-refractivity contribution in [3.63, 3.8) is 0 Å². The first-order chi connectivity index (χ1) is 12.1. The number of aliphatic carboxylic acids is 1. The highest BCUT2D eigenvalue weighted by Gasteiger charge is 2.42. The molecule has 3 rings (SSSR count). The van der Waals surface area contributed by atoms with E-state index in [0.717, 1.165) is 37.6 Å².